The lowest BCUT2D eigenvalue weighted by Gasteiger charge is -2.32. The van der Waals surface area contributed by atoms with E-state index in [1.54, 1.807) is 11.8 Å². The molecule has 3 heterocycles. The van der Waals surface area contributed by atoms with E-state index in [-0.39, 0.29) is 24.2 Å². The van der Waals surface area contributed by atoms with E-state index in [4.69, 9.17) is 0 Å². The molecule has 1 aromatic carbocycles. The van der Waals surface area contributed by atoms with Gasteiger partial charge in [0.1, 0.15) is 0 Å². The molecule has 0 aromatic heterocycles. The Morgan fingerprint density at radius 2 is 1.88 bits per heavy atom. The molecule has 26 heavy (non-hydrogen) atoms. The van der Waals surface area contributed by atoms with E-state index < -0.39 is 0 Å². The summed E-state index contributed by atoms with van der Waals surface area (Å²) in [5.74, 6) is 0.193. The minimum Gasteiger partial charge on any atom is -0.337 e. The predicted molar refractivity (Wildman–Crippen MR) is 104 cm³/mol. The molecular formula is C19H27ClN4O2. The second-order valence-corrected chi connectivity index (χ2v) is 7.24. The van der Waals surface area contributed by atoms with Crippen LogP contribution >= 0.6 is 12.4 Å². The van der Waals surface area contributed by atoms with E-state index in [1.807, 2.05) is 23.1 Å². The molecule has 3 aliphatic heterocycles. The van der Waals surface area contributed by atoms with Crippen molar-refractivity contribution in [2.24, 2.45) is 0 Å². The zero-order chi connectivity index (χ0) is 17.4. The molecule has 0 aliphatic carbocycles. The minimum absolute atomic E-state index is 0. The quantitative estimate of drug-likeness (QED) is 0.838. The van der Waals surface area contributed by atoms with E-state index in [2.05, 4.69) is 10.2 Å². The van der Waals surface area contributed by atoms with Gasteiger partial charge in [-0.25, -0.2) is 0 Å². The van der Waals surface area contributed by atoms with Gasteiger partial charge in [-0.1, -0.05) is 0 Å². The molecule has 1 unspecified atom stereocenters. The van der Waals surface area contributed by atoms with Crippen molar-refractivity contribution in [3.8, 4) is 0 Å². The van der Waals surface area contributed by atoms with Crippen LogP contribution in [-0.4, -0.2) is 73.5 Å². The van der Waals surface area contributed by atoms with Crippen molar-refractivity contribution >= 4 is 29.9 Å². The molecule has 1 atom stereocenters. The van der Waals surface area contributed by atoms with Crippen molar-refractivity contribution < 1.29 is 9.59 Å². The first-order valence-electron chi connectivity index (χ1n) is 9.28. The van der Waals surface area contributed by atoms with Crippen LogP contribution in [0.2, 0.25) is 0 Å². The largest absolute Gasteiger partial charge is 0.337 e. The van der Waals surface area contributed by atoms with Crippen LogP contribution in [0.1, 0.15) is 29.3 Å². The average molecular weight is 379 g/mol. The highest BCUT2D eigenvalue weighted by Crippen LogP contribution is 2.29. The summed E-state index contributed by atoms with van der Waals surface area (Å²) in [6, 6.07) is 6.29. The Morgan fingerprint density at radius 3 is 2.62 bits per heavy atom. The van der Waals surface area contributed by atoms with Crippen LogP contribution in [0.3, 0.4) is 0 Å². The van der Waals surface area contributed by atoms with Crippen LogP contribution in [0.5, 0.6) is 0 Å². The third-order valence-corrected chi connectivity index (χ3v) is 5.72. The van der Waals surface area contributed by atoms with Crippen LogP contribution in [0.25, 0.3) is 0 Å². The van der Waals surface area contributed by atoms with Gasteiger partial charge in [0.2, 0.25) is 5.91 Å². The molecule has 2 saturated heterocycles. The highest BCUT2D eigenvalue weighted by molar-refractivity contribution is 5.98. The van der Waals surface area contributed by atoms with E-state index in [1.165, 1.54) is 0 Å². The van der Waals surface area contributed by atoms with Crippen LogP contribution in [0, 0.1) is 0 Å². The van der Waals surface area contributed by atoms with Gasteiger partial charge < -0.3 is 15.1 Å². The standard InChI is InChI=1S/C19H26N4O2.ClH/c1-14(24)23-9-4-15-12-16(2-3-18(15)23)19(25)22-8-5-17(13-22)21-10-6-20-7-11-21;/h2-3,12,17,20H,4-11,13H2,1H3;1H. The summed E-state index contributed by atoms with van der Waals surface area (Å²) in [5.41, 5.74) is 2.83. The number of piperazine rings is 1. The smallest absolute Gasteiger partial charge is 0.253 e. The normalized spacial score (nSPS) is 22.9. The second kappa shape index (κ2) is 7.94. The van der Waals surface area contributed by atoms with Gasteiger partial charge in [-0.3, -0.25) is 14.5 Å². The minimum atomic E-state index is 0. The van der Waals surface area contributed by atoms with Crippen molar-refractivity contribution in [2.45, 2.75) is 25.8 Å². The highest BCUT2D eigenvalue weighted by atomic mass is 35.5. The maximum atomic E-state index is 12.9. The Kier molecular flexibility index (Phi) is 5.85. The summed E-state index contributed by atoms with van der Waals surface area (Å²) < 4.78 is 0. The van der Waals surface area contributed by atoms with E-state index in [9.17, 15) is 9.59 Å². The molecule has 1 N–H and O–H groups in total. The number of benzene rings is 1. The molecule has 2 amide bonds. The number of hydrogen-bond acceptors (Lipinski definition) is 4. The summed E-state index contributed by atoms with van der Waals surface area (Å²) in [4.78, 5) is 30.9. The van der Waals surface area contributed by atoms with Gasteiger partial charge in [-0.05, 0) is 36.6 Å². The first-order chi connectivity index (χ1) is 12.1. The van der Waals surface area contributed by atoms with Crippen LogP contribution < -0.4 is 10.2 Å². The molecule has 0 bridgehead atoms. The number of anilines is 1. The number of hydrogen-bond donors (Lipinski definition) is 1. The third kappa shape index (κ3) is 3.59. The number of fused-ring (bicyclic) bond motifs is 1. The summed E-state index contributed by atoms with van der Waals surface area (Å²) in [5, 5.41) is 3.38. The molecule has 7 heteroatoms. The highest BCUT2D eigenvalue weighted by Gasteiger charge is 2.32. The lowest BCUT2D eigenvalue weighted by Crippen LogP contribution is -2.49. The number of carbonyl (C=O) groups excluding carboxylic acids is 2. The number of halogens is 1. The van der Waals surface area contributed by atoms with Crippen molar-refractivity contribution in [3.05, 3.63) is 29.3 Å². The fourth-order valence-corrected chi connectivity index (χ4v) is 4.32. The Labute approximate surface area is 160 Å². The number of nitrogens with zero attached hydrogens (tertiary/aromatic N) is 3. The van der Waals surface area contributed by atoms with Crippen molar-refractivity contribution in [1.82, 2.24) is 15.1 Å². The first-order valence-corrected chi connectivity index (χ1v) is 9.28. The number of amides is 2. The van der Waals surface area contributed by atoms with E-state index in [0.717, 1.165) is 75.5 Å². The molecule has 142 valence electrons. The summed E-state index contributed by atoms with van der Waals surface area (Å²) in [6.45, 7) is 8.22. The molecule has 4 rings (SSSR count). The van der Waals surface area contributed by atoms with E-state index >= 15 is 0 Å². The topological polar surface area (TPSA) is 55.9 Å². The van der Waals surface area contributed by atoms with Gasteiger partial charge in [-0.15, -0.1) is 12.4 Å². The fraction of sp³-hybridized carbons (Fsp3) is 0.579. The Balaban J connectivity index is 0.00000196. The maximum Gasteiger partial charge on any atom is 0.253 e. The van der Waals surface area contributed by atoms with Crippen LogP contribution in [0.4, 0.5) is 5.69 Å². The number of likely N-dealkylation sites (tertiary alicyclic amines) is 1. The summed E-state index contributed by atoms with van der Waals surface area (Å²) >= 11 is 0. The zero-order valence-electron chi connectivity index (χ0n) is 15.2. The van der Waals surface area contributed by atoms with Gasteiger partial charge in [0.15, 0.2) is 0 Å². The molecule has 0 saturated carbocycles. The monoisotopic (exact) mass is 378 g/mol. The van der Waals surface area contributed by atoms with Crippen molar-refractivity contribution in [1.29, 1.82) is 0 Å². The second-order valence-electron chi connectivity index (χ2n) is 7.24. The van der Waals surface area contributed by atoms with E-state index in [0.29, 0.717) is 6.04 Å². The lowest BCUT2D eigenvalue weighted by molar-refractivity contribution is -0.116. The SMILES string of the molecule is CC(=O)N1CCc2cc(C(=O)N3CCC(N4CCNCC4)C3)ccc21.Cl. The van der Waals surface area contributed by atoms with Crippen LogP contribution in [-0.2, 0) is 11.2 Å². The molecule has 3 aliphatic rings. The first kappa shape index (κ1) is 19.1. The number of carbonyl (C=O) groups is 2. The van der Waals surface area contributed by atoms with Gasteiger partial charge in [0, 0.05) is 70.0 Å². The number of rotatable bonds is 2. The molecular weight excluding hydrogens is 352 g/mol. The molecule has 0 spiro atoms. The fourth-order valence-electron chi connectivity index (χ4n) is 4.32. The predicted octanol–water partition coefficient (Wildman–Crippen LogP) is 1.14. The summed E-state index contributed by atoms with van der Waals surface area (Å²) in [6.07, 6.45) is 1.90. The molecule has 0 radical (unpaired) electrons. The Hall–Kier alpha value is -1.63. The summed E-state index contributed by atoms with van der Waals surface area (Å²) in [7, 11) is 0. The van der Waals surface area contributed by atoms with Crippen molar-refractivity contribution in [2.75, 3.05) is 50.7 Å². The molecule has 1 aromatic rings. The zero-order valence-corrected chi connectivity index (χ0v) is 16.1. The van der Waals surface area contributed by atoms with Crippen LogP contribution in [0.15, 0.2) is 18.2 Å². The van der Waals surface area contributed by atoms with Gasteiger partial charge >= 0.3 is 0 Å². The van der Waals surface area contributed by atoms with Gasteiger partial charge in [-0.2, -0.15) is 0 Å². The third-order valence-electron chi connectivity index (χ3n) is 5.72. The average Bonchev–Trinajstić information content (AvgIpc) is 3.28. The van der Waals surface area contributed by atoms with Crippen molar-refractivity contribution in [3.63, 3.8) is 0 Å². The number of nitrogens with one attached hydrogen (secondary N) is 1. The Morgan fingerprint density at radius 1 is 1.12 bits per heavy atom. The lowest BCUT2D eigenvalue weighted by atomic mass is 10.1. The molecule has 2 fully saturated rings. The van der Waals surface area contributed by atoms with Gasteiger partial charge in [0.05, 0.1) is 0 Å². The van der Waals surface area contributed by atoms with Gasteiger partial charge in [0.25, 0.3) is 5.91 Å². The molecule has 6 nitrogen and oxygen atoms in total. The Bertz CT molecular complexity index is 690. The maximum absolute atomic E-state index is 12.9.